The monoisotopic (exact) mass is 894 g/mol. The number of aromatic nitrogens is 3. The summed E-state index contributed by atoms with van der Waals surface area (Å²) in [5.74, 6) is 0.700. The van der Waals surface area contributed by atoms with E-state index >= 15 is 0 Å². The highest BCUT2D eigenvalue weighted by atomic mass is 16.3. The van der Waals surface area contributed by atoms with Gasteiger partial charge in [-0.05, 0) is 141 Å². The quantitative estimate of drug-likeness (QED) is 0.160. The third-order valence-electron chi connectivity index (χ3n) is 13.6. The van der Waals surface area contributed by atoms with Crippen LogP contribution >= 0.6 is 0 Å². The van der Waals surface area contributed by atoms with E-state index < -0.39 is 0 Å². The molecule has 68 heavy (non-hydrogen) atoms. The number of hydrogen-bond donors (Lipinski definition) is 0. The molecule has 0 saturated heterocycles. The molecule has 0 radical (unpaired) electrons. The molecule has 0 fully saturated rings. The Morgan fingerprint density at radius 3 is 1.10 bits per heavy atom. The van der Waals surface area contributed by atoms with Crippen LogP contribution in [0.2, 0.25) is 0 Å². The van der Waals surface area contributed by atoms with E-state index in [0.717, 1.165) is 72.4 Å². The molecule has 0 aliphatic heterocycles. The summed E-state index contributed by atoms with van der Waals surface area (Å²) in [4.78, 5) is 14.5. The van der Waals surface area contributed by atoms with Crippen LogP contribution in [0.3, 0.4) is 0 Å². The lowest BCUT2D eigenvalue weighted by Gasteiger charge is -2.28. The number of rotatable bonds is 7. The molecule has 0 N–H and O–H groups in total. The van der Waals surface area contributed by atoms with E-state index in [-0.39, 0.29) is 21.7 Å². The van der Waals surface area contributed by atoms with Gasteiger partial charge in [-0.25, -0.2) is 9.97 Å². The van der Waals surface area contributed by atoms with Crippen LogP contribution in [0.5, 0.6) is 0 Å². The largest absolute Gasteiger partial charge is 0.450 e. The van der Waals surface area contributed by atoms with Crippen LogP contribution in [-0.2, 0) is 21.7 Å². The van der Waals surface area contributed by atoms with E-state index in [9.17, 15) is 0 Å². The second-order valence-electron chi connectivity index (χ2n) is 22.6. The fourth-order valence-corrected chi connectivity index (χ4v) is 9.51. The Kier molecular flexibility index (Phi) is 10.7. The SMILES string of the molecule is CC(C)(C)c1ccc(N(c2ccc(C(C)(C)C)cc2)c2ccc3c(c2)c2cc(N(c4ccc(C(C)(C)C)cc4)c4ccc(C(C)(C)C)cc4)ccc2n3-c2ncnc3c2oc2ccccc23)cc1. The van der Waals surface area contributed by atoms with Crippen molar-refractivity contribution in [1.29, 1.82) is 0 Å². The normalized spacial score (nSPS) is 12.7. The van der Waals surface area contributed by atoms with Gasteiger partial charge in [0, 0.05) is 50.3 Å². The lowest BCUT2D eigenvalue weighted by molar-refractivity contribution is 0.590. The molecule has 0 atom stereocenters. The molecular formula is C62H63N5O. The van der Waals surface area contributed by atoms with Crippen LogP contribution in [0.25, 0.3) is 49.7 Å². The van der Waals surface area contributed by atoms with Gasteiger partial charge in [-0.1, -0.05) is 144 Å². The molecule has 3 aromatic heterocycles. The van der Waals surface area contributed by atoms with Gasteiger partial charge in [0.1, 0.15) is 17.4 Å². The topological polar surface area (TPSA) is 50.3 Å². The molecule has 0 unspecified atom stereocenters. The molecule has 10 rings (SSSR count). The second kappa shape index (κ2) is 16.3. The Hall–Kier alpha value is -7.18. The first-order chi connectivity index (χ1) is 32.2. The number of fused-ring (bicyclic) bond motifs is 6. The Bertz CT molecular complexity index is 3170. The molecular weight excluding hydrogens is 831 g/mol. The van der Waals surface area contributed by atoms with Gasteiger partial charge in [0.15, 0.2) is 11.4 Å². The van der Waals surface area contributed by atoms with E-state index in [1.165, 1.54) is 22.3 Å². The van der Waals surface area contributed by atoms with Crippen LogP contribution in [0.4, 0.5) is 34.1 Å². The number of benzene rings is 7. The molecule has 7 aromatic carbocycles. The molecule has 6 nitrogen and oxygen atoms in total. The minimum atomic E-state index is 0.0273. The first kappa shape index (κ1) is 44.6. The number of anilines is 6. The molecule has 0 saturated carbocycles. The summed E-state index contributed by atoms with van der Waals surface area (Å²) in [5.41, 5.74) is 16.0. The summed E-state index contributed by atoms with van der Waals surface area (Å²) in [5, 5.41) is 3.15. The fourth-order valence-electron chi connectivity index (χ4n) is 9.51. The minimum Gasteiger partial charge on any atom is -0.450 e. The van der Waals surface area contributed by atoms with Crippen molar-refractivity contribution in [3.05, 3.63) is 186 Å². The maximum absolute atomic E-state index is 6.63. The molecule has 0 amide bonds. The summed E-state index contributed by atoms with van der Waals surface area (Å²) in [6.07, 6.45) is 1.66. The zero-order valence-corrected chi connectivity index (χ0v) is 41.7. The average Bonchev–Trinajstić information content (AvgIpc) is 3.84. The maximum atomic E-state index is 6.63. The second-order valence-corrected chi connectivity index (χ2v) is 22.6. The van der Waals surface area contributed by atoms with E-state index in [0.29, 0.717) is 11.4 Å². The lowest BCUT2D eigenvalue weighted by atomic mass is 9.86. The van der Waals surface area contributed by atoms with Crippen molar-refractivity contribution in [1.82, 2.24) is 14.5 Å². The highest BCUT2D eigenvalue weighted by molar-refractivity contribution is 6.13. The van der Waals surface area contributed by atoms with E-state index in [2.05, 4.69) is 237 Å². The predicted molar refractivity (Wildman–Crippen MR) is 288 cm³/mol. The van der Waals surface area contributed by atoms with Crippen molar-refractivity contribution in [2.24, 2.45) is 0 Å². The van der Waals surface area contributed by atoms with Gasteiger partial charge < -0.3 is 14.2 Å². The van der Waals surface area contributed by atoms with Crippen molar-refractivity contribution in [2.45, 2.75) is 105 Å². The van der Waals surface area contributed by atoms with Gasteiger partial charge in [-0.3, -0.25) is 4.57 Å². The van der Waals surface area contributed by atoms with E-state index in [4.69, 9.17) is 14.4 Å². The maximum Gasteiger partial charge on any atom is 0.197 e. The molecule has 0 spiro atoms. The standard InChI is InChI=1S/C62H63N5O/c1-59(2,3)40-17-25-44(26-18-40)65(45-27-19-41(20-28-45)60(4,5)6)48-33-35-53-51(37-48)52-38-49(34-36-54(52)67(53)58-57-56(63-39-64-58)50-15-13-14-16-55(50)68-57)66(46-29-21-42(22-30-46)61(7,8)9)47-31-23-43(24-32-47)62(10,11)12/h13-39H,1-12H3. The summed E-state index contributed by atoms with van der Waals surface area (Å²) >= 11 is 0. The van der Waals surface area contributed by atoms with Crippen molar-refractivity contribution in [3.63, 3.8) is 0 Å². The first-order valence-electron chi connectivity index (χ1n) is 24.0. The van der Waals surface area contributed by atoms with Crippen LogP contribution in [0, 0.1) is 0 Å². The van der Waals surface area contributed by atoms with Gasteiger partial charge in [-0.2, -0.15) is 0 Å². The van der Waals surface area contributed by atoms with Crippen molar-refractivity contribution < 1.29 is 4.42 Å². The zero-order chi connectivity index (χ0) is 47.9. The van der Waals surface area contributed by atoms with Crippen LogP contribution in [0.1, 0.15) is 105 Å². The Morgan fingerprint density at radius 1 is 0.382 bits per heavy atom. The molecule has 0 aliphatic rings. The van der Waals surface area contributed by atoms with E-state index in [1.54, 1.807) is 6.33 Å². The Balaban J connectivity index is 1.23. The van der Waals surface area contributed by atoms with E-state index in [1.807, 2.05) is 18.2 Å². The van der Waals surface area contributed by atoms with Crippen LogP contribution < -0.4 is 9.80 Å². The summed E-state index contributed by atoms with van der Waals surface area (Å²) in [7, 11) is 0. The smallest absolute Gasteiger partial charge is 0.197 e. The average molecular weight is 894 g/mol. The van der Waals surface area contributed by atoms with Crippen molar-refractivity contribution >= 4 is 78.0 Å². The number of nitrogens with zero attached hydrogens (tertiary/aromatic N) is 5. The highest BCUT2D eigenvalue weighted by Gasteiger charge is 2.25. The third kappa shape index (κ3) is 8.10. The van der Waals surface area contributed by atoms with Gasteiger partial charge in [-0.15, -0.1) is 0 Å². The Labute approximate surface area is 401 Å². The summed E-state index contributed by atoms with van der Waals surface area (Å²) in [6, 6.07) is 58.0. The summed E-state index contributed by atoms with van der Waals surface area (Å²) < 4.78 is 8.89. The zero-order valence-electron chi connectivity index (χ0n) is 41.7. The molecule has 6 heteroatoms. The molecule has 0 bridgehead atoms. The fraction of sp³-hybridized carbons (Fsp3) is 0.258. The van der Waals surface area contributed by atoms with Crippen LogP contribution in [0.15, 0.2) is 168 Å². The van der Waals surface area contributed by atoms with Gasteiger partial charge in [0.2, 0.25) is 0 Å². The number of furan rings is 1. The molecule has 342 valence electrons. The van der Waals surface area contributed by atoms with Crippen molar-refractivity contribution in [3.8, 4) is 5.82 Å². The minimum absolute atomic E-state index is 0.0273. The highest BCUT2D eigenvalue weighted by Crippen LogP contribution is 2.45. The number of para-hydroxylation sites is 1. The summed E-state index contributed by atoms with van der Waals surface area (Å²) in [6.45, 7) is 27.2. The van der Waals surface area contributed by atoms with Crippen molar-refractivity contribution in [2.75, 3.05) is 9.80 Å². The number of hydrogen-bond acceptors (Lipinski definition) is 5. The molecule has 10 aromatic rings. The van der Waals surface area contributed by atoms with Crippen LogP contribution in [-0.4, -0.2) is 14.5 Å². The van der Waals surface area contributed by atoms with Gasteiger partial charge >= 0.3 is 0 Å². The lowest BCUT2D eigenvalue weighted by Crippen LogP contribution is -2.14. The molecule has 3 heterocycles. The van der Waals surface area contributed by atoms with Gasteiger partial charge in [0.25, 0.3) is 0 Å². The third-order valence-corrected chi connectivity index (χ3v) is 13.6. The first-order valence-corrected chi connectivity index (χ1v) is 24.0. The van der Waals surface area contributed by atoms with Gasteiger partial charge in [0.05, 0.1) is 11.0 Å². The molecule has 0 aliphatic carbocycles. The Morgan fingerprint density at radius 2 is 0.735 bits per heavy atom. The predicted octanol–water partition coefficient (Wildman–Crippen LogP) is 17.6.